The fourth-order valence-corrected chi connectivity index (χ4v) is 1.71. The lowest BCUT2D eigenvalue weighted by Crippen LogP contribution is -2.23. The van der Waals surface area contributed by atoms with Gasteiger partial charge in [0.25, 0.3) is 0 Å². The molecule has 0 aromatic carbocycles. The number of nitro groups is 1. The van der Waals surface area contributed by atoms with Crippen molar-refractivity contribution in [1.29, 1.82) is 0 Å². The molecule has 0 fully saturated rings. The molecule has 1 rings (SSSR count). The first kappa shape index (κ1) is 11.1. The van der Waals surface area contributed by atoms with Crippen LogP contribution in [0, 0.1) is 10.1 Å². The molecule has 0 aliphatic heterocycles. The Balaban J connectivity index is 2.40. The van der Waals surface area contributed by atoms with Gasteiger partial charge < -0.3 is 10.4 Å². The van der Waals surface area contributed by atoms with Gasteiger partial charge in [-0.25, -0.2) is 0 Å². The molecule has 0 amide bonds. The number of aliphatic hydroxyl groups excluding tert-OH is 1. The molecule has 0 unspecified atom stereocenters. The van der Waals surface area contributed by atoms with Crippen LogP contribution in [0.2, 0.25) is 0 Å². The number of hydrogen-bond acceptors (Lipinski definition) is 5. The van der Waals surface area contributed by atoms with Gasteiger partial charge in [0.05, 0.1) is 11.0 Å². The zero-order valence-corrected chi connectivity index (χ0v) is 8.58. The van der Waals surface area contributed by atoms with Crippen molar-refractivity contribution in [2.24, 2.45) is 0 Å². The van der Waals surface area contributed by atoms with Crippen molar-refractivity contribution >= 4 is 16.3 Å². The second-order valence-electron chi connectivity index (χ2n) is 3.03. The Hall–Kier alpha value is -0.980. The Morgan fingerprint density at radius 1 is 1.79 bits per heavy atom. The molecule has 6 heteroatoms. The minimum Gasteiger partial charge on any atom is -0.392 e. The third-order valence-electron chi connectivity index (χ3n) is 1.59. The Kier molecular flexibility index (Phi) is 3.99. The highest BCUT2D eigenvalue weighted by molar-refractivity contribution is 7.13. The van der Waals surface area contributed by atoms with Crippen molar-refractivity contribution in [3.8, 4) is 0 Å². The van der Waals surface area contributed by atoms with Crippen LogP contribution in [0.1, 0.15) is 12.5 Å². The molecular weight excluding hydrogens is 204 g/mol. The standard InChI is InChI=1S/C8H12N2O3S/c1-6(11)3-9-4-7-2-8(10(12)13)14-5-7/h2,5-6,9,11H,3-4H2,1H3/t6-/m0/s1. The largest absolute Gasteiger partial charge is 0.392 e. The molecule has 78 valence electrons. The van der Waals surface area contributed by atoms with Gasteiger partial charge in [0.15, 0.2) is 0 Å². The van der Waals surface area contributed by atoms with Gasteiger partial charge in [-0.05, 0) is 12.5 Å². The third-order valence-corrected chi connectivity index (χ3v) is 2.52. The van der Waals surface area contributed by atoms with E-state index in [1.165, 1.54) is 0 Å². The van der Waals surface area contributed by atoms with Crippen molar-refractivity contribution in [2.75, 3.05) is 6.54 Å². The Labute approximate surface area is 85.5 Å². The summed E-state index contributed by atoms with van der Waals surface area (Å²) in [6.07, 6.45) is -0.399. The minimum absolute atomic E-state index is 0.152. The molecule has 0 aliphatic carbocycles. The first-order valence-corrected chi connectivity index (χ1v) is 5.08. The number of aliphatic hydroxyl groups is 1. The molecule has 14 heavy (non-hydrogen) atoms. The summed E-state index contributed by atoms with van der Waals surface area (Å²) in [5.74, 6) is 0. The Morgan fingerprint density at radius 2 is 2.50 bits per heavy atom. The SMILES string of the molecule is C[C@H](O)CNCc1csc([N+](=O)[O-])c1. The molecule has 1 heterocycles. The van der Waals surface area contributed by atoms with E-state index in [9.17, 15) is 10.1 Å². The summed E-state index contributed by atoms with van der Waals surface area (Å²) in [6.45, 7) is 2.72. The number of hydrogen-bond donors (Lipinski definition) is 2. The second-order valence-corrected chi connectivity index (χ2v) is 3.92. The second kappa shape index (κ2) is 5.04. The molecule has 0 saturated heterocycles. The summed E-state index contributed by atoms with van der Waals surface area (Å²) in [5, 5.41) is 24.2. The van der Waals surface area contributed by atoms with Crippen LogP contribution in [-0.4, -0.2) is 22.7 Å². The maximum Gasteiger partial charge on any atom is 0.324 e. The monoisotopic (exact) mass is 216 g/mol. The van der Waals surface area contributed by atoms with Gasteiger partial charge in [0.1, 0.15) is 0 Å². The van der Waals surface area contributed by atoms with E-state index >= 15 is 0 Å². The number of rotatable bonds is 5. The van der Waals surface area contributed by atoms with Crippen LogP contribution in [0.15, 0.2) is 11.4 Å². The summed E-state index contributed by atoms with van der Waals surface area (Å²) >= 11 is 1.11. The fourth-order valence-electron chi connectivity index (χ4n) is 0.977. The van der Waals surface area contributed by atoms with Gasteiger partial charge in [-0.2, -0.15) is 0 Å². The van der Waals surface area contributed by atoms with Gasteiger partial charge in [-0.3, -0.25) is 10.1 Å². The van der Waals surface area contributed by atoms with E-state index < -0.39 is 11.0 Å². The zero-order valence-electron chi connectivity index (χ0n) is 7.77. The average molecular weight is 216 g/mol. The van der Waals surface area contributed by atoms with Crippen LogP contribution >= 0.6 is 11.3 Å². The maximum atomic E-state index is 10.4. The molecule has 0 aliphatic rings. The minimum atomic E-state index is -0.400. The van der Waals surface area contributed by atoms with Crippen LogP contribution < -0.4 is 5.32 Å². The molecule has 1 aromatic heterocycles. The summed E-state index contributed by atoms with van der Waals surface area (Å²) < 4.78 is 0. The summed E-state index contributed by atoms with van der Waals surface area (Å²) in [6, 6.07) is 1.54. The van der Waals surface area contributed by atoms with Gasteiger partial charge in [0, 0.05) is 24.5 Å². The predicted octanol–water partition coefficient (Wildman–Crippen LogP) is 1.13. The van der Waals surface area contributed by atoms with E-state index in [-0.39, 0.29) is 5.00 Å². The van der Waals surface area contributed by atoms with Crippen molar-refractivity contribution in [3.05, 3.63) is 27.1 Å². The lowest BCUT2D eigenvalue weighted by molar-refractivity contribution is -0.380. The van der Waals surface area contributed by atoms with Crippen LogP contribution in [0.25, 0.3) is 0 Å². The maximum absolute atomic E-state index is 10.4. The van der Waals surface area contributed by atoms with E-state index in [2.05, 4.69) is 5.32 Å². The first-order chi connectivity index (χ1) is 6.59. The van der Waals surface area contributed by atoms with E-state index in [1.54, 1.807) is 18.4 Å². The van der Waals surface area contributed by atoms with Crippen LogP contribution in [0.5, 0.6) is 0 Å². The van der Waals surface area contributed by atoms with Crippen LogP contribution in [0.3, 0.4) is 0 Å². The third kappa shape index (κ3) is 3.41. The first-order valence-electron chi connectivity index (χ1n) is 4.20. The topological polar surface area (TPSA) is 75.4 Å². The van der Waals surface area contributed by atoms with Crippen LogP contribution in [-0.2, 0) is 6.54 Å². The molecule has 1 aromatic rings. The lowest BCUT2D eigenvalue weighted by Gasteiger charge is -2.04. The Morgan fingerprint density at radius 3 is 3.00 bits per heavy atom. The quantitative estimate of drug-likeness (QED) is 0.571. The van der Waals surface area contributed by atoms with Gasteiger partial charge in [-0.1, -0.05) is 11.3 Å². The molecular formula is C8H12N2O3S. The smallest absolute Gasteiger partial charge is 0.324 e. The summed E-state index contributed by atoms with van der Waals surface area (Å²) in [5.41, 5.74) is 0.877. The molecule has 1 atom stereocenters. The zero-order chi connectivity index (χ0) is 10.6. The van der Waals surface area contributed by atoms with Gasteiger partial charge in [-0.15, -0.1) is 0 Å². The van der Waals surface area contributed by atoms with E-state index in [4.69, 9.17) is 5.11 Å². The normalized spacial score (nSPS) is 12.7. The Bertz CT molecular complexity index is 311. The number of thiophene rings is 1. The molecule has 5 nitrogen and oxygen atoms in total. The van der Waals surface area contributed by atoms with Crippen LogP contribution in [0.4, 0.5) is 5.00 Å². The number of nitrogens with zero attached hydrogens (tertiary/aromatic N) is 1. The summed E-state index contributed by atoms with van der Waals surface area (Å²) in [4.78, 5) is 9.95. The van der Waals surface area contributed by atoms with Crippen molar-refractivity contribution in [2.45, 2.75) is 19.6 Å². The highest BCUT2D eigenvalue weighted by Crippen LogP contribution is 2.22. The summed E-state index contributed by atoms with van der Waals surface area (Å²) in [7, 11) is 0. The van der Waals surface area contributed by atoms with Crippen molar-refractivity contribution in [1.82, 2.24) is 5.32 Å². The van der Waals surface area contributed by atoms with Crippen molar-refractivity contribution in [3.63, 3.8) is 0 Å². The molecule has 0 saturated carbocycles. The van der Waals surface area contributed by atoms with Crippen molar-refractivity contribution < 1.29 is 10.0 Å². The number of nitrogens with one attached hydrogen (secondary N) is 1. The highest BCUT2D eigenvalue weighted by Gasteiger charge is 2.08. The molecule has 2 N–H and O–H groups in total. The molecule has 0 spiro atoms. The van der Waals surface area contributed by atoms with E-state index in [1.807, 2.05) is 0 Å². The predicted molar refractivity (Wildman–Crippen MR) is 54.4 cm³/mol. The van der Waals surface area contributed by atoms with Gasteiger partial charge >= 0.3 is 5.00 Å². The average Bonchev–Trinajstić information content (AvgIpc) is 2.52. The lowest BCUT2D eigenvalue weighted by atomic mass is 10.3. The van der Waals surface area contributed by atoms with E-state index in [0.29, 0.717) is 13.1 Å². The molecule has 0 bridgehead atoms. The van der Waals surface area contributed by atoms with E-state index in [0.717, 1.165) is 16.9 Å². The molecule has 0 radical (unpaired) electrons. The fraction of sp³-hybridized carbons (Fsp3) is 0.500. The highest BCUT2D eigenvalue weighted by atomic mass is 32.1. The van der Waals surface area contributed by atoms with Gasteiger partial charge in [0.2, 0.25) is 0 Å².